The smallest absolute Gasteiger partial charge is 0.417 e. The number of hydrogen-bond donors (Lipinski definition) is 1. The van der Waals surface area contributed by atoms with Crippen LogP contribution in [-0.2, 0) is 6.18 Å². The molecule has 0 aliphatic carbocycles. The van der Waals surface area contributed by atoms with E-state index in [4.69, 9.17) is 5.11 Å². The Morgan fingerprint density at radius 1 is 1.32 bits per heavy atom. The number of halogens is 4. The molecular weight excluding hydrogens is 306 g/mol. The summed E-state index contributed by atoms with van der Waals surface area (Å²) in [5.41, 5.74) is -1.15. The van der Waals surface area contributed by atoms with Gasteiger partial charge in [0, 0.05) is 19.3 Å². The van der Waals surface area contributed by atoms with Gasteiger partial charge in [-0.05, 0) is 19.9 Å². The van der Waals surface area contributed by atoms with E-state index in [9.17, 15) is 22.4 Å². The Morgan fingerprint density at radius 3 is 2.27 bits per heavy atom. The Balaban J connectivity index is 2.25. The molecule has 0 bridgehead atoms. The highest BCUT2D eigenvalue weighted by Gasteiger charge is 2.36. The second-order valence-corrected chi connectivity index (χ2v) is 5.32. The molecule has 1 saturated heterocycles. The largest absolute Gasteiger partial charge is 0.465 e. The van der Waals surface area contributed by atoms with Crippen molar-refractivity contribution in [2.45, 2.75) is 32.1 Å². The second-order valence-electron chi connectivity index (χ2n) is 5.32. The van der Waals surface area contributed by atoms with Crippen molar-refractivity contribution in [1.29, 1.82) is 0 Å². The van der Waals surface area contributed by atoms with E-state index in [0.29, 0.717) is 12.3 Å². The van der Waals surface area contributed by atoms with E-state index in [2.05, 4.69) is 4.98 Å². The molecule has 1 aromatic rings. The van der Waals surface area contributed by atoms with Crippen LogP contribution in [-0.4, -0.2) is 46.3 Å². The summed E-state index contributed by atoms with van der Waals surface area (Å²) in [5, 5.41) is 9.11. The van der Waals surface area contributed by atoms with Gasteiger partial charge in [-0.15, -0.1) is 0 Å². The Hall–Kier alpha value is -2.06. The highest BCUT2D eigenvalue weighted by Crippen LogP contribution is 2.31. The third-order valence-electron chi connectivity index (χ3n) is 3.59. The number of pyridine rings is 1. The maximum Gasteiger partial charge on any atom is 0.417 e. The summed E-state index contributed by atoms with van der Waals surface area (Å²) < 4.78 is 51.5. The molecule has 9 heteroatoms. The third-order valence-corrected chi connectivity index (χ3v) is 3.59. The first kappa shape index (κ1) is 16.3. The zero-order chi connectivity index (χ0) is 16.7. The van der Waals surface area contributed by atoms with Crippen molar-refractivity contribution in [2.24, 2.45) is 0 Å². The summed E-state index contributed by atoms with van der Waals surface area (Å²) in [6.45, 7) is 3.62. The lowest BCUT2D eigenvalue weighted by Crippen LogP contribution is -2.58. The van der Waals surface area contributed by atoms with Crippen molar-refractivity contribution in [3.05, 3.63) is 23.6 Å². The van der Waals surface area contributed by atoms with Gasteiger partial charge in [0.15, 0.2) is 11.6 Å². The minimum Gasteiger partial charge on any atom is -0.465 e. The van der Waals surface area contributed by atoms with Crippen molar-refractivity contribution in [1.82, 2.24) is 9.88 Å². The molecule has 1 N–H and O–H groups in total. The molecule has 1 fully saturated rings. The lowest BCUT2D eigenvalue weighted by Gasteiger charge is -2.43. The van der Waals surface area contributed by atoms with Gasteiger partial charge in [0.25, 0.3) is 0 Å². The van der Waals surface area contributed by atoms with Crippen LogP contribution >= 0.6 is 0 Å². The summed E-state index contributed by atoms with van der Waals surface area (Å²) in [7, 11) is 0. The van der Waals surface area contributed by atoms with Gasteiger partial charge in [-0.1, -0.05) is 0 Å². The van der Waals surface area contributed by atoms with Gasteiger partial charge in [-0.3, -0.25) is 4.90 Å². The maximum atomic E-state index is 13.9. The van der Waals surface area contributed by atoms with Gasteiger partial charge < -0.3 is 10.0 Å². The molecule has 0 spiro atoms. The van der Waals surface area contributed by atoms with Gasteiger partial charge in [0.2, 0.25) is 0 Å². The van der Waals surface area contributed by atoms with E-state index in [1.54, 1.807) is 13.8 Å². The molecule has 1 amide bonds. The van der Waals surface area contributed by atoms with Gasteiger partial charge in [-0.25, -0.2) is 14.2 Å². The molecular formula is C13H15F4N3O2. The van der Waals surface area contributed by atoms with E-state index >= 15 is 0 Å². The molecule has 0 aromatic carbocycles. The summed E-state index contributed by atoms with van der Waals surface area (Å²) in [6.07, 6.45) is -5.16. The normalized spacial score (nSPS) is 22.8. The Labute approximate surface area is 124 Å². The number of alkyl halides is 3. The van der Waals surface area contributed by atoms with Gasteiger partial charge in [0.1, 0.15) is 0 Å². The number of amides is 1. The number of rotatable bonds is 1. The lowest BCUT2D eigenvalue weighted by molar-refractivity contribution is -0.138. The zero-order valence-electron chi connectivity index (χ0n) is 11.9. The Bertz CT molecular complexity index is 567. The summed E-state index contributed by atoms with van der Waals surface area (Å²) in [6, 6.07) is -0.448. The molecule has 5 nitrogen and oxygen atoms in total. The first-order chi connectivity index (χ1) is 10.1. The fourth-order valence-corrected chi connectivity index (χ4v) is 2.69. The fourth-order valence-electron chi connectivity index (χ4n) is 2.69. The summed E-state index contributed by atoms with van der Waals surface area (Å²) in [5.74, 6) is -1.27. The van der Waals surface area contributed by atoms with Gasteiger partial charge in [-0.2, -0.15) is 13.2 Å². The number of hydrogen-bond acceptors (Lipinski definition) is 3. The zero-order valence-corrected chi connectivity index (χ0v) is 11.9. The predicted octanol–water partition coefficient (Wildman–Crippen LogP) is 2.82. The summed E-state index contributed by atoms with van der Waals surface area (Å²) in [4.78, 5) is 17.4. The first-order valence-corrected chi connectivity index (χ1v) is 6.60. The maximum absolute atomic E-state index is 13.9. The van der Waals surface area contributed by atoms with Crippen LogP contribution in [0.3, 0.4) is 0 Å². The molecule has 2 atom stereocenters. The van der Waals surface area contributed by atoms with E-state index in [-0.39, 0.29) is 18.9 Å². The average Bonchev–Trinajstić information content (AvgIpc) is 2.35. The molecule has 2 heterocycles. The third kappa shape index (κ3) is 3.07. The van der Waals surface area contributed by atoms with Gasteiger partial charge in [0.05, 0.1) is 17.6 Å². The number of nitrogens with zero attached hydrogens (tertiary/aromatic N) is 3. The predicted molar refractivity (Wildman–Crippen MR) is 70.2 cm³/mol. The number of carbonyl (C=O) groups is 1. The van der Waals surface area contributed by atoms with Crippen LogP contribution in [0, 0.1) is 5.82 Å². The molecule has 0 radical (unpaired) electrons. The number of carboxylic acid groups (broad SMARTS) is 1. The lowest BCUT2D eigenvalue weighted by atomic mass is 10.1. The van der Waals surface area contributed by atoms with Crippen molar-refractivity contribution in [3.63, 3.8) is 0 Å². The SMILES string of the molecule is C[C@@H]1CN(c2ncc(C(F)(F)F)cc2F)C[C@H](C)N1C(=O)O. The molecule has 1 aromatic heterocycles. The van der Waals surface area contributed by atoms with Crippen LogP contribution < -0.4 is 4.90 Å². The Morgan fingerprint density at radius 2 is 1.86 bits per heavy atom. The molecule has 1 aliphatic heterocycles. The van der Waals surface area contributed by atoms with Crippen LogP contribution in [0.25, 0.3) is 0 Å². The van der Waals surface area contributed by atoms with Crippen LogP contribution in [0.1, 0.15) is 19.4 Å². The first-order valence-electron chi connectivity index (χ1n) is 6.60. The second kappa shape index (κ2) is 5.62. The van der Waals surface area contributed by atoms with E-state index in [1.165, 1.54) is 9.80 Å². The van der Waals surface area contributed by atoms with Crippen molar-refractivity contribution in [2.75, 3.05) is 18.0 Å². The van der Waals surface area contributed by atoms with Gasteiger partial charge >= 0.3 is 12.3 Å². The van der Waals surface area contributed by atoms with Crippen LogP contribution in [0.4, 0.5) is 28.2 Å². The average molecular weight is 321 g/mol. The van der Waals surface area contributed by atoms with Crippen molar-refractivity contribution >= 4 is 11.9 Å². The van der Waals surface area contributed by atoms with Crippen LogP contribution in [0.5, 0.6) is 0 Å². The minimum atomic E-state index is -4.66. The topological polar surface area (TPSA) is 56.7 Å². The number of piperazine rings is 1. The number of aromatic nitrogens is 1. The van der Waals surface area contributed by atoms with Crippen molar-refractivity contribution in [3.8, 4) is 0 Å². The molecule has 22 heavy (non-hydrogen) atoms. The number of anilines is 1. The molecule has 0 saturated carbocycles. The molecule has 122 valence electrons. The van der Waals surface area contributed by atoms with E-state index < -0.39 is 35.7 Å². The fraction of sp³-hybridized carbons (Fsp3) is 0.538. The quantitative estimate of drug-likeness (QED) is 0.808. The van der Waals surface area contributed by atoms with Crippen LogP contribution in [0.2, 0.25) is 0 Å². The molecule has 0 unspecified atom stereocenters. The van der Waals surface area contributed by atoms with E-state index in [0.717, 1.165) is 0 Å². The van der Waals surface area contributed by atoms with E-state index in [1.807, 2.05) is 0 Å². The highest BCUT2D eigenvalue weighted by atomic mass is 19.4. The summed E-state index contributed by atoms with van der Waals surface area (Å²) >= 11 is 0. The minimum absolute atomic E-state index is 0.159. The Kier molecular flexibility index (Phi) is 4.17. The molecule has 2 rings (SSSR count). The van der Waals surface area contributed by atoms with Crippen molar-refractivity contribution < 1.29 is 27.5 Å². The molecule has 1 aliphatic rings. The monoisotopic (exact) mass is 321 g/mol. The highest BCUT2D eigenvalue weighted by molar-refractivity contribution is 5.66. The standard InChI is InChI=1S/C13H15F4N3O2/c1-7-5-19(6-8(2)20(7)12(21)22)11-10(14)3-9(4-18-11)13(15,16)17/h3-4,7-8H,5-6H2,1-2H3,(H,21,22)/t7-,8+. The van der Waals surface area contributed by atoms with Crippen LogP contribution in [0.15, 0.2) is 12.3 Å².